The standard InChI is InChI=1S/C19H27F3N6O2/c1-5-30-16-11(10(2)25-9-26-16)7-23-17-24-8-12(19(20,21)22)15(28-17)27-13-6-14(29)18(13,3)4/h8-11,13-14,29H,5-7H2,1-4H3,(H2,23,24,27,28)/t10?,11?,13-,14+/m1/s1. The number of nitrogens with zero attached hydrogens (tertiary/aromatic N) is 4. The lowest BCUT2D eigenvalue weighted by atomic mass is 9.64. The van der Waals surface area contributed by atoms with Crippen molar-refractivity contribution in [2.45, 2.75) is 58.5 Å². The Morgan fingerprint density at radius 2 is 2.07 bits per heavy atom. The van der Waals surface area contributed by atoms with Crippen LogP contribution in [0.15, 0.2) is 16.2 Å². The minimum Gasteiger partial charge on any atom is -0.481 e. The van der Waals surface area contributed by atoms with Gasteiger partial charge in [-0.2, -0.15) is 18.2 Å². The molecule has 2 heterocycles. The molecule has 0 radical (unpaired) electrons. The van der Waals surface area contributed by atoms with Crippen molar-refractivity contribution in [3.8, 4) is 0 Å². The number of hydrogen-bond acceptors (Lipinski definition) is 8. The molecule has 4 atom stereocenters. The van der Waals surface area contributed by atoms with Gasteiger partial charge in [0.05, 0.1) is 24.7 Å². The molecule has 0 spiro atoms. The zero-order chi connectivity index (χ0) is 22.1. The van der Waals surface area contributed by atoms with Crippen LogP contribution in [0.2, 0.25) is 0 Å². The summed E-state index contributed by atoms with van der Waals surface area (Å²) >= 11 is 0. The van der Waals surface area contributed by atoms with Crippen LogP contribution >= 0.6 is 0 Å². The lowest BCUT2D eigenvalue weighted by Crippen LogP contribution is -2.57. The van der Waals surface area contributed by atoms with Crippen LogP contribution in [0, 0.1) is 11.3 Å². The lowest BCUT2D eigenvalue weighted by molar-refractivity contribution is -0.137. The van der Waals surface area contributed by atoms with Gasteiger partial charge in [0.1, 0.15) is 17.7 Å². The maximum atomic E-state index is 13.4. The van der Waals surface area contributed by atoms with Gasteiger partial charge < -0.3 is 20.5 Å². The minimum absolute atomic E-state index is 0.0563. The van der Waals surface area contributed by atoms with Gasteiger partial charge in [-0.05, 0) is 20.3 Å². The summed E-state index contributed by atoms with van der Waals surface area (Å²) in [5.41, 5.74) is -1.50. The van der Waals surface area contributed by atoms with Crippen LogP contribution in [0.5, 0.6) is 0 Å². The number of nitrogens with one attached hydrogen (secondary N) is 2. The highest BCUT2D eigenvalue weighted by Crippen LogP contribution is 2.43. The van der Waals surface area contributed by atoms with Crippen molar-refractivity contribution in [3.05, 3.63) is 11.8 Å². The van der Waals surface area contributed by atoms with Crippen molar-refractivity contribution in [2.24, 2.45) is 21.3 Å². The normalized spacial score (nSPS) is 27.8. The predicted molar refractivity (Wildman–Crippen MR) is 108 cm³/mol. The Morgan fingerprint density at radius 1 is 1.33 bits per heavy atom. The van der Waals surface area contributed by atoms with E-state index in [9.17, 15) is 18.3 Å². The summed E-state index contributed by atoms with van der Waals surface area (Å²) in [4.78, 5) is 16.3. The summed E-state index contributed by atoms with van der Waals surface area (Å²) in [6.07, 6.45) is -2.62. The number of halogens is 3. The van der Waals surface area contributed by atoms with E-state index < -0.39 is 23.3 Å². The topological polar surface area (TPSA) is 104 Å². The van der Waals surface area contributed by atoms with Gasteiger partial charge in [0.2, 0.25) is 5.95 Å². The first-order valence-corrected chi connectivity index (χ1v) is 9.88. The maximum absolute atomic E-state index is 13.4. The van der Waals surface area contributed by atoms with Gasteiger partial charge in [-0.25, -0.2) is 9.98 Å². The van der Waals surface area contributed by atoms with Gasteiger partial charge in [0, 0.05) is 24.2 Å². The third-order valence-corrected chi connectivity index (χ3v) is 5.78. The highest BCUT2D eigenvalue weighted by atomic mass is 19.4. The van der Waals surface area contributed by atoms with E-state index in [0.29, 0.717) is 25.5 Å². The van der Waals surface area contributed by atoms with Gasteiger partial charge in [0.15, 0.2) is 5.90 Å². The molecule has 0 aromatic carbocycles. The first-order chi connectivity index (χ1) is 14.0. The summed E-state index contributed by atoms with van der Waals surface area (Å²) in [6, 6.07) is -0.443. The molecule has 1 saturated carbocycles. The van der Waals surface area contributed by atoms with E-state index in [1.807, 2.05) is 13.8 Å². The molecule has 1 aliphatic carbocycles. The zero-order valence-electron chi connectivity index (χ0n) is 17.4. The van der Waals surface area contributed by atoms with Crippen molar-refractivity contribution in [2.75, 3.05) is 23.8 Å². The molecule has 0 saturated heterocycles. The van der Waals surface area contributed by atoms with Gasteiger partial charge >= 0.3 is 6.18 Å². The molecule has 1 aromatic heterocycles. The average Bonchev–Trinajstić information content (AvgIpc) is 2.67. The molecule has 1 fully saturated rings. The Bertz CT molecular complexity index is 827. The Morgan fingerprint density at radius 3 is 2.67 bits per heavy atom. The van der Waals surface area contributed by atoms with E-state index in [0.717, 1.165) is 6.20 Å². The first-order valence-electron chi connectivity index (χ1n) is 9.88. The van der Waals surface area contributed by atoms with Crippen LogP contribution in [0.1, 0.15) is 39.7 Å². The predicted octanol–water partition coefficient (Wildman–Crippen LogP) is 2.96. The molecule has 2 aliphatic rings. The summed E-state index contributed by atoms with van der Waals surface area (Å²) in [6.45, 7) is 8.10. The molecule has 3 N–H and O–H groups in total. The van der Waals surface area contributed by atoms with Crippen LogP contribution < -0.4 is 10.6 Å². The molecule has 166 valence electrons. The van der Waals surface area contributed by atoms with Crippen LogP contribution in [0.25, 0.3) is 0 Å². The second-order valence-corrected chi connectivity index (χ2v) is 8.12. The lowest BCUT2D eigenvalue weighted by Gasteiger charge is -2.49. The summed E-state index contributed by atoms with van der Waals surface area (Å²) in [7, 11) is 0. The average molecular weight is 428 g/mol. The number of ether oxygens (including phenoxy) is 1. The molecule has 8 nitrogen and oxygen atoms in total. The highest BCUT2D eigenvalue weighted by molar-refractivity contribution is 5.88. The second-order valence-electron chi connectivity index (χ2n) is 8.12. The monoisotopic (exact) mass is 428 g/mol. The van der Waals surface area contributed by atoms with E-state index in [1.165, 1.54) is 6.34 Å². The number of aromatic nitrogens is 2. The molecule has 2 unspecified atom stereocenters. The van der Waals surface area contributed by atoms with Crippen molar-refractivity contribution in [3.63, 3.8) is 0 Å². The van der Waals surface area contributed by atoms with E-state index in [4.69, 9.17) is 4.74 Å². The van der Waals surface area contributed by atoms with Gasteiger partial charge in [-0.3, -0.25) is 4.99 Å². The number of hydrogen-bond donors (Lipinski definition) is 3. The molecule has 0 amide bonds. The molecule has 30 heavy (non-hydrogen) atoms. The largest absolute Gasteiger partial charge is 0.481 e. The fourth-order valence-corrected chi connectivity index (χ4v) is 3.45. The number of alkyl halides is 3. The van der Waals surface area contributed by atoms with Crippen molar-refractivity contribution in [1.82, 2.24) is 9.97 Å². The van der Waals surface area contributed by atoms with Crippen LogP contribution in [-0.4, -0.2) is 58.7 Å². The van der Waals surface area contributed by atoms with Gasteiger partial charge in [-0.15, -0.1) is 0 Å². The zero-order valence-corrected chi connectivity index (χ0v) is 17.4. The highest BCUT2D eigenvalue weighted by Gasteiger charge is 2.48. The minimum atomic E-state index is -4.60. The number of rotatable bonds is 6. The third kappa shape index (κ3) is 4.50. The van der Waals surface area contributed by atoms with Gasteiger partial charge in [0.25, 0.3) is 0 Å². The molecule has 1 aliphatic heterocycles. The van der Waals surface area contributed by atoms with E-state index in [2.05, 4.69) is 30.6 Å². The van der Waals surface area contributed by atoms with Gasteiger partial charge in [-0.1, -0.05) is 13.8 Å². The fraction of sp³-hybridized carbons (Fsp3) is 0.684. The summed E-state index contributed by atoms with van der Waals surface area (Å²) in [5, 5.41) is 15.7. The Hall–Kier alpha value is -2.43. The molecule has 0 bridgehead atoms. The fourth-order valence-electron chi connectivity index (χ4n) is 3.45. The molecule has 11 heteroatoms. The molecule has 3 rings (SSSR count). The molecular formula is C19H27F3N6O2. The van der Waals surface area contributed by atoms with Crippen molar-refractivity contribution >= 4 is 24.0 Å². The Kier molecular flexibility index (Phi) is 6.21. The number of aliphatic hydroxyl groups excluding tert-OH is 1. The summed E-state index contributed by atoms with van der Waals surface area (Å²) in [5.74, 6) is 0.0695. The number of aliphatic imine (C=N–C) groups is 2. The summed E-state index contributed by atoms with van der Waals surface area (Å²) < 4.78 is 45.9. The van der Waals surface area contributed by atoms with Crippen LogP contribution in [-0.2, 0) is 10.9 Å². The molecule has 1 aromatic rings. The van der Waals surface area contributed by atoms with E-state index in [-0.39, 0.29) is 29.8 Å². The quantitative estimate of drug-likeness (QED) is 0.644. The number of aliphatic hydroxyl groups is 1. The third-order valence-electron chi connectivity index (χ3n) is 5.78. The number of anilines is 2. The Balaban J connectivity index is 1.77. The van der Waals surface area contributed by atoms with Crippen LogP contribution in [0.3, 0.4) is 0 Å². The first kappa shape index (κ1) is 22.3. The van der Waals surface area contributed by atoms with Crippen molar-refractivity contribution in [1.29, 1.82) is 0 Å². The maximum Gasteiger partial charge on any atom is 0.421 e. The van der Waals surface area contributed by atoms with E-state index >= 15 is 0 Å². The SMILES string of the molecule is CCOC1=NC=NC(C)C1CNc1ncc(C(F)(F)F)c(N[C@@H]2C[C@H](O)C2(C)C)n1. The van der Waals surface area contributed by atoms with E-state index in [1.54, 1.807) is 13.8 Å². The smallest absolute Gasteiger partial charge is 0.421 e. The molecular weight excluding hydrogens is 401 g/mol. The Labute approximate surface area is 173 Å². The van der Waals surface area contributed by atoms with Crippen LogP contribution in [0.4, 0.5) is 24.9 Å². The van der Waals surface area contributed by atoms with Crippen molar-refractivity contribution < 1.29 is 23.0 Å². The second kappa shape index (κ2) is 8.37.